The number of nitrogens with one attached hydrogen (secondary N) is 1. The van der Waals surface area contributed by atoms with Crippen LogP contribution in [-0.2, 0) is 20.0 Å². The van der Waals surface area contributed by atoms with Gasteiger partial charge in [0.05, 0.1) is 19.9 Å². The molecule has 0 bridgehead atoms. The minimum atomic E-state index is 0.762. The maximum atomic E-state index is 5.30. The molecule has 0 fully saturated rings. The van der Waals surface area contributed by atoms with Gasteiger partial charge in [0.25, 0.3) is 0 Å². The Labute approximate surface area is 119 Å². The van der Waals surface area contributed by atoms with E-state index in [1.54, 1.807) is 14.2 Å². The topological polar surface area (TPSA) is 48.3 Å². The number of nitrogens with zero attached hydrogens (tertiary/aromatic N) is 2. The fraction of sp³-hybridized carbons (Fsp3) is 0.400. The van der Waals surface area contributed by atoms with Gasteiger partial charge in [0.2, 0.25) is 0 Å². The summed E-state index contributed by atoms with van der Waals surface area (Å²) in [4.78, 5) is 0. The Kier molecular flexibility index (Phi) is 5.01. The molecule has 20 heavy (non-hydrogen) atoms. The van der Waals surface area contributed by atoms with E-state index in [1.165, 1.54) is 5.56 Å². The molecule has 0 unspecified atom stereocenters. The summed E-state index contributed by atoms with van der Waals surface area (Å²) in [5, 5.41) is 7.70. The Hall–Kier alpha value is -2.01. The molecule has 0 atom stereocenters. The van der Waals surface area contributed by atoms with Crippen LogP contribution in [0.1, 0.15) is 11.3 Å². The van der Waals surface area contributed by atoms with Crippen LogP contribution in [0, 0.1) is 0 Å². The first-order valence-electron chi connectivity index (χ1n) is 6.63. The van der Waals surface area contributed by atoms with Gasteiger partial charge in [-0.3, -0.25) is 4.68 Å². The van der Waals surface area contributed by atoms with Crippen LogP contribution in [0.15, 0.2) is 30.5 Å². The van der Waals surface area contributed by atoms with Gasteiger partial charge in [0, 0.05) is 19.8 Å². The third-order valence-electron chi connectivity index (χ3n) is 3.11. The quantitative estimate of drug-likeness (QED) is 0.782. The van der Waals surface area contributed by atoms with Crippen LogP contribution in [0.4, 0.5) is 0 Å². The lowest BCUT2D eigenvalue weighted by Crippen LogP contribution is -2.17. The molecule has 0 radical (unpaired) electrons. The number of methoxy groups -OCH3 is 2. The molecule has 5 heteroatoms. The van der Waals surface area contributed by atoms with Gasteiger partial charge in [0.15, 0.2) is 11.5 Å². The van der Waals surface area contributed by atoms with E-state index in [-0.39, 0.29) is 0 Å². The van der Waals surface area contributed by atoms with Gasteiger partial charge in [-0.1, -0.05) is 6.07 Å². The van der Waals surface area contributed by atoms with Crippen molar-refractivity contribution in [3.8, 4) is 11.5 Å². The van der Waals surface area contributed by atoms with Gasteiger partial charge in [-0.25, -0.2) is 0 Å². The van der Waals surface area contributed by atoms with Crippen molar-refractivity contribution in [3.63, 3.8) is 0 Å². The third-order valence-corrected chi connectivity index (χ3v) is 3.11. The molecule has 1 aromatic carbocycles. The smallest absolute Gasteiger partial charge is 0.160 e. The normalized spacial score (nSPS) is 10.6. The largest absolute Gasteiger partial charge is 0.493 e. The predicted octanol–water partition coefficient (Wildman–Crippen LogP) is 1.77. The number of rotatable bonds is 7. The Bertz CT molecular complexity index is 552. The molecular weight excluding hydrogens is 254 g/mol. The maximum Gasteiger partial charge on any atom is 0.160 e. The summed E-state index contributed by atoms with van der Waals surface area (Å²) < 4.78 is 12.3. The van der Waals surface area contributed by atoms with Gasteiger partial charge < -0.3 is 14.8 Å². The summed E-state index contributed by atoms with van der Waals surface area (Å²) in [7, 11) is 5.22. The molecule has 0 aliphatic heterocycles. The van der Waals surface area contributed by atoms with Gasteiger partial charge >= 0.3 is 0 Å². The second-order valence-corrected chi connectivity index (χ2v) is 4.60. The first kappa shape index (κ1) is 14.4. The van der Waals surface area contributed by atoms with Crippen LogP contribution in [0.2, 0.25) is 0 Å². The highest BCUT2D eigenvalue weighted by atomic mass is 16.5. The lowest BCUT2D eigenvalue weighted by Gasteiger charge is -2.09. The molecule has 1 aromatic heterocycles. The van der Waals surface area contributed by atoms with Crippen molar-refractivity contribution in [3.05, 3.63) is 41.7 Å². The highest BCUT2D eigenvalue weighted by Gasteiger charge is 2.04. The molecule has 2 rings (SSSR count). The van der Waals surface area contributed by atoms with Gasteiger partial charge in [-0.2, -0.15) is 5.10 Å². The molecule has 0 aliphatic rings. The summed E-state index contributed by atoms with van der Waals surface area (Å²) in [6.45, 7) is 1.68. The van der Waals surface area contributed by atoms with Crippen molar-refractivity contribution in [2.24, 2.45) is 7.05 Å². The van der Waals surface area contributed by atoms with Crippen LogP contribution in [0.25, 0.3) is 0 Å². The first-order chi connectivity index (χ1) is 9.72. The highest BCUT2D eigenvalue weighted by Crippen LogP contribution is 2.27. The number of hydrogen-bond acceptors (Lipinski definition) is 4. The van der Waals surface area contributed by atoms with Crippen LogP contribution in [-0.4, -0.2) is 30.5 Å². The molecule has 0 aliphatic carbocycles. The van der Waals surface area contributed by atoms with Crippen LogP contribution in [0.5, 0.6) is 11.5 Å². The molecule has 0 spiro atoms. The Morgan fingerprint density at radius 2 is 1.95 bits per heavy atom. The summed E-state index contributed by atoms with van der Waals surface area (Å²) in [6, 6.07) is 8.03. The standard InChI is InChI=1S/C15H21N3O2/c1-18-9-7-13(17-18)11-16-8-6-12-4-5-14(19-2)15(10-12)20-3/h4-5,7,9-10,16H,6,8,11H2,1-3H3. The summed E-state index contributed by atoms with van der Waals surface area (Å²) in [5.74, 6) is 1.53. The van der Waals surface area contributed by atoms with Crippen molar-refractivity contribution in [1.82, 2.24) is 15.1 Å². The Morgan fingerprint density at radius 3 is 2.60 bits per heavy atom. The van der Waals surface area contributed by atoms with Gasteiger partial charge in [-0.05, 0) is 36.7 Å². The summed E-state index contributed by atoms with van der Waals surface area (Å²) >= 11 is 0. The molecule has 1 N–H and O–H groups in total. The van der Waals surface area contributed by atoms with E-state index in [4.69, 9.17) is 9.47 Å². The van der Waals surface area contributed by atoms with E-state index in [9.17, 15) is 0 Å². The fourth-order valence-electron chi connectivity index (χ4n) is 2.04. The zero-order valence-electron chi connectivity index (χ0n) is 12.2. The molecule has 1 heterocycles. The van der Waals surface area contributed by atoms with Crippen molar-refractivity contribution < 1.29 is 9.47 Å². The molecular formula is C15H21N3O2. The second-order valence-electron chi connectivity index (χ2n) is 4.60. The third kappa shape index (κ3) is 3.74. The lowest BCUT2D eigenvalue weighted by molar-refractivity contribution is 0.354. The molecule has 0 saturated carbocycles. The SMILES string of the molecule is COc1ccc(CCNCc2ccn(C)n2)cc1OC. The predicted molar refractivity (Wildman–Crippen MR) is 78.2 cm³/mol. The minimum absolute atomic E-state index is 0.762. The van der Waals surface area contributed by atoms with E-state index in [1.807, 2.05) is 36.1 Å². The maximum absolute atomic E-state index is 5.30. The first-order valence-corrected chi connectivity index (χ1v) is 6.63. The van der Waals surface area contributed by atoms with Gasteiger partial charge in [0.1, 0.15) is 0 Å². The zero-order chi connectivity index (χ0) is 14.4. The number of ether oxygens (including phenoxy) is 2. The van der Waals surface area contributed by atoms with Crippen LogP contribution < -0.4 is 14.8 Å². The monoisotopic (exact) mass is 275 g/mol. The van der Waals surface area contributed by atoms with E-state index in [0.717, 1.165) is 36.7 Å². The highest BCUT2D eigenvalue weighted by molar-refractivity contribution is 5.42. The number of aromatic nitrogens is 2. The van der Waals surface area contributed by atoms with Gasteiger partial charge in [-0.15, -0.1) is 0 Å². The molecule has 0 saturated heterocycles. The Morgan fingerprint density at radius 1 is 1.15 bits per heavy atom. The van der Waals surface area contributed by atoms with E-state index in [0.29, 0.717) is 0 Å². The van der Waals surface area contributed by atoms with Crippen molar-refractivity contribution in [2.45, 2.75) is 13.0 Å². The molecule has 0 amide bonds. The molecule has 2 aromatic rings. The lowest BCUT2D eigenvalue weighted by atomic mass is 10.1. The number of aryl methyl sites for hydroxylation is 1. The van der Waals surface area contributed by atoms with Crippen molar-refractivity contribution in [2.75, 3.05) is 20.8 Å². The summed E-state index contributed by atoms with van der Waals surface area (Å²) in [5.41, 5.74) is 2.27. The molecule has 5 nitrogen and oxygen atoms in total. The average molecular weight is 275 g/mol. The minimum Gasteiger partial charge on any atom is -0.493 e. The number of hydrogen-bond donors (Lipinski definition) is 1. The second kappa shape index (κ2) is 6.96. The van der Waals surface area contributed by atoms with E-state index in [2.05, 4.69) is 16.5 Å². The van der Waals surface area contributed by atoms with Crippen LogP contribution >= 0.6 is 0 Å². The molecule has 108 valence electrons. The Balaban J connectivity index is 1.82. The summed E-state index contributed by atoms with van der Waals surface area (Å²) in [6.07, 6.45) is 2.89. The van der Waals surface area contributed by atoms with Crippen LogP contribution in [0.3, 0.4) is 0 Å². The zero-order valence-corrected chi connectivity index (χ0v) is 12.2. The van der Waals surface area contributed by atoms with Crippen molar-refractivity contribution >= 4 is 0 Å². The van der Waals surface area contributed by atoms with Crippen molar-refractivity contribution in [1.29, 1.82) is 0 Å². The average Bonchev–Trinajstić information content (AvgIpc) is 2.89. The van der Waals surface area contributed by atoms with E-state index >= 15 is 0 Å². The number of benzene rings is 1. The van der Waals surface area contributed by atoms with E-state index < -0.39 is 0 Å². The fourth-order valence-corrected chi connectivity index (χ4v) is 2.04.